The van der Waals surface area contributed by atoms with E-state index in [1.807, 2.05) is 6.07 Å². The first-order valence-corrected chi connectivity index (χ1v) is 9.02. The van der Waals surface area contributed by atoms with E-state index in [-0.39, 0.29) is 11.6 Å². The lowest BCUT2D eigenvalue weighted by Gasteiger charge is -2.34. The van der Waals surface area contributed by atoms with Crippen LogP contribution in [0, 0.1) is 5.82 Å². The van der Waals surface area contributed by atoms with Crippen LogP contribution in [-0.2, 0) is 19.3 Å². The van der Waals surface area contributed by atoms with Gasteiger partial charge in [-0.3, -0.25) is 9.80 Å². The van der Waals surface area contributed by atoms with Crippen molar-refractivity contribution in [2.45, 2.75) is 19.3 Å². The molecule has 3 rings (SSSR count). The monoisotopic (exact) mass is 389 g/mol. The number of piperazine rings is 1. The van der Waals surface area contributed by atoms with Gasteiger partial charge in [0.25, 0.3) is 0 Å². The van der Waals surface area contributed by atoms with E-state index in [1.54, 1.807) is 6.07 Å². The number of methoxy groups -OCH3 is 1. The summed E-state index contributed by atoms with van der Waals surface area (Å²) in [6.07, 6.45) is -4.39. The minimum Gasteiger partial charge on any atom is -0.494 e. The van der Waals surface area contributed by atoms with Crippen molar-refractivity contribution in [3.8, 4) is 5.75 Å². The number of nitrogens with zero attached hydrogens (tertiary/aromatic N) is 3. The molecule has 4 nitrogen and oxygen atoms in total. The van der Waals surface area contributed by atoms with Crippen LogP contribution in [0.4, 0.5) is 17.6 Å². The molecule has 9 heteroatoms. The average Bonchev–Trinajstić information content (AvgIpc) is 3.06. The third-order valence-electron chi connectivity index (χ3n) is 4.29. The maximum atomic E-state index is 13.8. The Morgan fingerprint density at radius 2 is 1.77 bits per heavy atom. The fraction of sp³-hybridized carbons (Fsp3) is 0.471. The zero-order valence-corrected chi connectivity index (χ0v) is 15.0. The van der Waals surface area contributed by atoms with Gasteiger partial charge in [-0.25, -0.2) is 9.37 Å². The van der Waals surface area contributed by atoms with Gasteiger partial charge in [0.1, 0.15) is 5.01 Å². The predicted molar refractivity (Wildman–Crippen MR) is 90.6 cm³/mol. The zero-order chi connectivity index (χ0) is 18.7. The quantitative estimate of drug-likeness (QED) is 0.731. The Bertz CT molecular complexity index is 742. The van der Waals surface area contributed by atoms with Crippen molar-refractivity contribution < 1.29 is 22.3 Å². The van der Waals surface area contributed by atoms with E-state index in [2.05, 4.69) is 14.8 Å². The lowest BCUT2D eigenvalue weighted by Crippen LogP contribution is -2.45. The van der Waals surface area contributed by atoms with Gasteiger partial charge < -0.3 is 4.74 Å². The van der Waals surface area contributed by atoms with Gasteiger partial charge in [0.2, 0.25) is 0 Å². The van der Waals surface area contributed by atoms with Crippen LogP contribution in [0.15, 0.2) is 23.6 Å². The molecule has 1 aliphatic heterocycles. The van der Waals surface area contributed by atoms with Gasteiger partial charge in [-0.1, -0.05) is 6.07 Å². The first-order chi connectivity index (χ1) is 12.3. The summed E-state index contributed by atoms with van der Waals surface area (Å²) in [7, 11) is 1.43. The summed E-state index contributed by atoms with van der Waals surface area (Å²) in [6, 6.07) is 4.92. The van der Waals surface area contributed by atoms with Gasteiger partial charge in [-0.05, 0) is 17.7 Å². The van der Waals surface area contributed by atoms with Crippen LogP contribution < -0.4 is 4.74 Å². The van der Waals surface area contributed by atoms with E-state index >= 15 is 0 Å². The van der Waals surface area contributed by atoms with Crippen LogP contribution >= 0.6 is 11.3 Å². The summed E-state index contributed by atoms with van der Waals surface area (Å²) < 4.78 is 56.5. The van der Waals surface area contributed by atoms with Gasteiger partial charge in [-0.2, -0.15) is 13.2 Å². The average molecular weight is 389 g/mol. The van der Waals surface area contributed by atoms with Crippen LogP contribution in [0.25, 0.3) is 0 Å². The predicted octanol–water partition coefficient (Wildman–Crippen LogP) is 3.63. The summed E-state index contributed by atoms with van der Waals surface area (Å²) in [6.45, 7) is 4.06. The van der Waals surface area contributed by atoms with E-state index < -0.39 is 11.9 Å². The first-order valence-electron chi connectivity index (χ1n) is 8.14. The van der Waals surface area contributed by atoms with Gasteiger partial charge in [0.15, 0.2) is 17.3 Å². The Balaban J connectivity index is 1.50. The Kier molecular flexibility index (Phi) is 5.79. The van der Waals surface area contributed by atoms with Crippen molar-refractivity contribution in [2.24, 2.45) is 0 Å². The Hall–Kier alpha value is -1.71. The second-order valence-corrected chi connectivity index (χ2v) is 7.09. The van der Waals surface area contributed by atoms with Crippen LogP contribution in [0.1, 0.15) is 16.3 Å². The van der Waals surface area contributed by atoms with E-state index in [0.29, 0.717) is 18.1 Å². The molecule has 0 N–H and O–H groups in total. The number of ether oxygens (including phenoxy) is 1. The molecule has 1 fully saturated rings. The second kappa shape index (κ2) is 7.89. The summed E-state index contributed by atoms with van der Waals surface area (Å²) in [5, 5.41) is 1.53. The largest absolute Gasteiger partial charge is 0.494 e. The summed E-state index contributed by atoms with van der Waals surface area (Å²) in [4.78, 5) is 7.96. The van der Waals surface area contributed by atoms with Crippen LogP contribution in [0.5, 0.6) is 5.75 Å². The third-order valence-corrected chi connectivity index (χ3v) is 5.12. The Morgan fingerprint density at radius 1 is 1.12 bits per heavy atom. The van der Waals surface area contributed by atoms with Crippen molar-refractivity contribution in [1.82, 2.24) is 14.8 Å². The zero-order valence-electron chi connectivity index (χ0n) is 14.2. The number of hydrogen-bond donors (Lipinski definition) is 0. The molecule has 1 aliphatic rings. The van der Waals surface area contributed by atoms with E-state index in [4.69, 9.17) is 4.74 Å². The number of hydrogen-bond acceptors (Lipinski definition) is 5. The molecule has 0 radical (unpaired) electrons. The van der Waals surface area contributed by atoms with Gasteiger partial charge in [0, 0.05) is 38.1 Å². The smallest absolute Gasteiger partial charge is 0.434 e. The second-order valence-electron chi connectivity index (χ2n) is 6.15. The summed E-state index contributed by atoms with van der Waals surface area (Å²) >= 11 is 1.04. The van der Waals surface area contributed by atoms with Crippen LogP contribution in [-0.4, -0.2) is 48.1 Å². The highest BCUT2D eigenvalue weighted by atomic mass is 32.1. The Labute approximate surface area is 153 Å². The van der Waals surface area contributed by atoms with E-state index in [9.17, 15) is 17.6 Å². The van der Waals surface area contributed by atoms with Gasteiger partial charge in [-0.15, -0.1) is 11.3 Å². The molecule has 142 valence electrons. The molecule has 1 aromatic heterocycles. The fourth-order valence-corrected chi connectivity index (χ4v) is 3.72. The molecule has 26 heavy (non-hydrogen) atoms. The van der Waals surface area contributed by atoms with Crippen LogP contribution in [0.3, 0.4) is 0 Å². The van der Waals surface area contributed by atoms with Crippen LogP contribution in [0.2, 0.25) is 0 Å². The number of alkyl halides is 3. The topological polar surface area (TPSA) is 28.6 Å². The molecule has 0 saturated carbocycles. The number of aromatic nitrogens is 1. The van der Waals surface area contributed by atoms with E-state index in [0.717, 1.165) is 48.5 Å². The first kappa shape index (κ1) is 19.1. The Morgan fingerprint density at radius 3 is 2.31 bits per heavy atom. The molecular formula is C17H19F4N3OS. The molecule has 2 aromatic rings. The van der Waals surface area contributed by atoms with E-state index in [1.165, 1.54) is 13.2 Å². The lowest BCUT2D eigenvalue weighted by atomic mass is 10.2. The molecule has 1 saturated heterocycles. The highest BCUT2D eigenvalue weighted by Crippen LogP contribution is 2.30. The molecule has 0 bridgehead atoms. The number of benzene rings is 1. The summed E-state index contributed by atoms with van der Waals surface area (Å²) in [5.41, 5.74) is 0.0455. The minimum atomic E-state index is -4.39. The SMILES string of the molecule is COc1ccc(CN2CCN(Cc3nc(C(F)(F)F)cs3)CC2)cc1F. The molecule has 0 atom stereocenters. The number of halogens is 4. The van der Waals surface area contributed by atoms with Crippen molar-refractivity contribution >= 4 is 11.3 Å². The van der Waals surface area contributed by atoms with Crippen molar-refractivity contribution in [1.29, 1.82) is 0 Å². The number of thiazole rings is 1. The molecule has 0 unspecified atom stereocenters. The standard InChI is InChI=1S/C17H19F4N3OS/c1-25-14-3-2-12(8-13(14)18)9-23-4-6-24(7-5-23)10-16-22-15(11-26-16)17(19,20)21/h2-3,8,11H,4-7,9-10H2,1H3. The van der Waals surface area contributed by atoms with Crippen molar-refractivity contribution in [3.05, 3.63) is 45.7 Å². The highest BCUT2D eigenvalue weighted by Gasteiger charge is 2.33. The highest BCUT2D eigenvalue weighted by molar-refractivity contribution is 7.09. The van der Waals surface area contributed by atoms with Crippen molar-refractivity contribution in [2.75, 3.05) is 33.3 Å². The molecular weight excluding hydrogens is 370 g/mol. The molecule has 0 spiro atoms. The third kappa shape index (κ3) is 4.72. The molecule has 1 aromatic carbocycles. The maximum absolute atomic E-state index is 13.8. The van der Waals surface area contributed by atoms with Gasteiger partial charge >= 0.3 is 6.18 Å². The summed E-state index contributed by atoms with van der Waals surface area (Å²) in [5.74, 6) is -0.159. The van der Waals surface area contributed by atoms with Gasteiger partial charge in [0.05, 0.1) is 13.7 Å². The normalized spacial score (nSPS) is 16.8. The number of rotatable bonds is 5. The maximum Gasteiger partial charge on any atom is 0.434 e. The molecule has 2 heterocycles. The fourth-order valence-electron chi connectivity index (χ4n) is 2.88. The lowest BCUT2D eigenvalue weighted by molar-refractivity contribution is -0.140. The molecule has 0 amide bonds. The minimum absolute atomic E-state index is 0.222. The van der Waals surface area contributed by atoms with Crippen molar-refractivity contribution in [3.63, 3.8) is 0 Å². The molecule has 0 aliphatic carbocycles.